The van der Waals surface area contributed by atoms with Crippen molar-refractivity contribution in [3.05, 3.63) is 47.3 Å². The Morgan fingerprint density at radius 1 is 1.30 bits per heavy atom. The number of aromatic nitrogens is 2. The molecule has 2 aromatic heterocycles. The molecule has 27 heavy (non-hydrogen) atoms. The Kier molecular flexibility index (Phi) is 3.40. The number of hydrogen-bond acceptors (Lipinski definition) is 4. The van der Waals surface area contributed by atoms with E-state index in [2.05, 4.69) is 22.7 Å². The van der Waals surface area contributed by atoms with Gasteiger partial charge in [-0.1, -0.05) is 18.1 Å². The van der Waals surface area contributed by atoms with E-state index in [0.29, 0.717) is 23.7 Å². The molecule has 0 atom stereocenters. The first-order chi connectivity index (χ1) is 13.0. The van der Waals surface area contributed by atoms with Crippen molar-refractivity contribution in [1.29, 1.82) is 0 Å². The van der Waals surface area contributed by atoms with Crippen LogP contribution in [0.25, 0.3) is 10.9 Å². The number of rotatable bonds is 3. The fourth-order valence-electron chi connectivity index (χ4n) is 3.60. The summed E-state index contributed by atoms with van der Waals surface area (Å²) in [5.41, 5.74) is 3.02. The van der Waals surface area contributed by atoms with Gasteiger partial charge in [0.2, 0.25) is 5.88 Å². The van der Waals surface area contributed by atoms with Gasteiger partial charge in [0.15, 0.2) is 0 Å². The van der Waals surface area contributed by atoms with Crippen molar-refractivity contribution < 1.29 is 14.1 Å². The minimum Gasteiger partial charge on any atom is -0.351 e. The van der Waals surface area contributed by atoms with Gasteiger partial charge < -0.3 is 14.4 Å². The molecule has 2 amide bonds. The first-order valence-electron chi connectivity index (χ1n) is 9.24. The van der Waals surface area contributed by atoms with Crippen LogP contribution in [0.1, 0.15) is 52.7 Å². The fraction of sp³-hybridized carbons (Fsp3) is 0.350. The van der Waals surface area contributed by atoms with E-state index in [9.17, 15) is 9.59 Å². The van der Waals surface area contributed by atoms with Crippen LogP contribution < -0.4 is 10.6 Å². The average Bonchev–Trinajstić information content (AvgIpc) is 3.13. The lowest BCUT2D eigenvalue weighted by atomic mass is 10.1. The molecule has 1 fully saturated rings. The molecule has 3 aromatic rings. The molecule has 1 aromatic carbocycles. The molecule has 0 spiro atoms. The van der Waals surface area contributed by atoms with Crippen LogP contribution in [0.2, 0.25) is 0 Å². The molecule has 3 heterocycles. The largest absolute Gasteiger partial charge is 0.351 e. The fourth-order valence-corrected chi connectivity index (χ4v) is 3.60. The van der Waals surface area contributed by atoms with Gasteiger partial charge in [0, 0.05) is 41.0 Å². The molecule has 138 valence electrons. The summed E-state index contributed by atoms with van der Waals surface area (Å²) in [6, 6.07) is 9.13. The van der Waals surface area contributed by atoms with Crippen LogP contribution in [-0.2, 0) is 12.0 Å². The van der Waals surface area contributed by atoms with Gasteiger partial charge in [0.05, 0.1) is 5.69 Å². The third kappa shape index (κ3) is 2.70. The number of nitrogens with one attached hydrogen (secondary N) is 2. The smallest absolute Gasteiger partial charge is 0.267 e. The highest BCUT2D eigenvalue weighted by molar-refractivity contribution is 6.06. The summed E-state index contributed by atoms with van der Waals surface area (Å²) in [4.78, 5) is 24.9. The molecule has 0 saturated heterocycles. The van der Waals surface area contributed by atoms with Crippen LogP contribution in [-0.4, -0.2) is 28.1 Å². The minimum atomic E-state index is -0.255. The molecule has 0 bridgehead atoms. The second kappa shape index (κ2) is 5.70. The van der Waals surface area contributed by atoms with Gasteiger partial charge in [-0.05, 0) is 37.5 Å². The van der Waals surface area contributed by atoms with Gasteiger partial charge in [-0.15, -0.1) is 0 Å². The Morgan fingerprint density at radius 3 is 2.96 bits per heavy atom. The predicted octanol–water partition coefficient (Wildman–Crippen LogP) is 3.07. The van der Waals surface area contributed by atoms with Crippen LogP contribution in [0.4, 0.5) is 5.88 Å². The van der Waals surface area contributed by atoms with Crippen molar-refractivity contribution in [2.45, 2.75) is 38.1 Å². The zero-order chi connectivity index (χ0) is 18.6. The number of carbonyl (C=O) groups excluding carboxylic acids is 2. The highest BCUT2D eigenvalue weighted by Gasteiger charge is 2.42. The molecule has 0 unspecified atom stereocenters. The predicted molar refractivity (Wildman–Crippen MR) is 99.9 cm³/mol. The van der Waals surface area contributed by atoms with Crippen LogP contribution in [0.15, 0.2) is 34.9 Å². The summed E-state index contributed by atoms with van der Waals surface area (Å²) in [6.07, 6.45) is 3.05. The third-order valence-electron chi connectivity index (χ3n) is 5.61. The standard InChI is InChI=1S/C20H20N4O3/c1-20(5-6-20)16-11-17(27-23-16)22-18(25)13-4-3-12-9-15-19(26)21-7-2-8-24(15)14(12)10-13/h3-4,9-11H,2,5-8H2,1H3,(H,21,26)(H,22,25). The molecular weight excluding hydrogens is 344 g/mol. The first-order valence-corrected chi connectivity index (χ1v) is 9.24. The number of anilines is 1. The van der Waals surface area contributed by atoms with E-state index >= 15 is 0 Å². The number of benzene rings is 1. The van der Waals surface area contributed by atoms with Crippen LogP contribution in [0.3, 0.4) is 0 Å². The van der Waals surface area contributed by atoms with Gasteiger partial charge in [-0.2, -0.15) is 0 Å². The minimum absolute atomic E-state index is 0.0718. The van der Waals surface area contributed by atoms with Crippen molar-refractivity contribution in [2.75, 3.05) is 11.9 Å². The van der Waals surface area contributed by atoms with Crippen LogP contribution >= 0.6 is 0 Å². The first kappa shape index (κ1) is 16.1. The van der Waals surface area contributed by atoms with Crippen molar-refractivity contribution in [3.63, 3.8) is 0 Å². The van der Waals surface area contributed by atoms with E-state index < -0.39 is 0 Å². The number of hydrogen-bond donors (Lipinski definition) is 2. The Balaban J connectivity index is 1.44. The molecule has 7 heteroatoms. The van der Waals surface area contributed by atoms with Gasteiger partial charge >= 0.3 is 0 Å². The van der Waals surface area contributed by atoms with E-state index in [1.165, 1.54) is 0 Å². The molecule has 1 aliphatic carbocycles. The normalized spacial score (nSPS) is 17.9. The van der Waals surface area contributed by atoms with Gasteiger partial charge in [0.1, 0.15) is 5.69 Å². The maximum absolute atomic E-state index is 12.7. The Bertz CT molecular complexity index is 1070. The van der Waals surface area contributed by atoms with E-state index in [0.717, 1.165) is 42.4 Å². The zero-order valence-corrected chi connectivity index (χ0v) is 15.0. The lowest BCUT2D eigenvalue weighted by Crippen LogP contribution is -2.22. The van der Waals surface area contributed by atoms with E-state index in [-0.39, 0.29) is 17.2 Å². The second-order valence-corrected chi connectivity index (χ2v) is 7.66. The van der Waals surface area contributed by atoms with Gasteiger partial charge in [-0.3, -0.25) is 14.9 Å². The molecule has 5 rings (SSSR count). The summed E-state index contributed by atoms with van der Waals surface area (Å²) in [6.45, 7) is 3.54. The second-order valence-electron chi connectivity index (χ2n) is 7.66. The maximum Gasteiger partial charge on any atom is 0.267 e. The van der Waals surface area contributed by atoms with E-state index in [1.807, 2.05) is 22.8 Å². The quantitative estimate of drug-likeness (QED) is 0.747. The summed E-state index contributed by atoms with van der Waals surface area (Å²) >= 11 is 0. The Morgan fingerprint density at radius 2 is 2.15 bits per heavy atom. The molecule has 0 radical (unpaired) electrons. The number of carbonyl (C=O) groups is 2. The third-order valence-corrected chi connectivity index (χ3v) is 5.61. The molecule has 1 aliphatic heterocycles. The zero-order valence-electron chi connectivity index (χ0n) is 15.0. The van der Waals surface area contributed by atoms with Crippen molar-refractivity contribution in [1.82, 2.24) is 15.0 Å². The summed E-state index contributed by atoms with van der Waals surface area (Å²) in [5.74, 6) is 0.0308. The monoisotopic (exact) mass is 364 g/mol. The summed E-state index contributed by atoms with van der Waals surface area (Å²) < 4.78 is 7.26. The molecule has 1 saturated carbocycles. The number of aryl methyl sites for hydroxylation is 1. The van der Waals surface area contributed by atoms with E-state index in [1.54, 1.807) is 12.1 Å². The Hall–Kier alpha value is -3.09. The SMILES string of the molecule is CC1(c2cc(NC(=O)c3ccc4cc5n(c4c3)CCCNC5=O)on2)CC1. The summed E-state index contributed by atoms with van der Waals surface area (Å²) in [7, 11) is 0. The van der Waals surface area contributed by atoms with Gasteiger partial charge in [-0.25, -0.2) is 0 Å². The topological polar surface area (TPSA) is 89.2 Å². The Labute approximate surface area is 155 Å². The van der Waals surface area contributed by atoms with Gasteiger partial charge in [0.25, 0.3) is 11.8 Å². The number of amides is 2. The van der Waals surface area contributed by atoms with Crippen LogP contribution in [0, 0.1) is 0 Å². The highest BCUT2D eigenvalue weighted by Crippen LogP contribution is 2.47. The number of fused-ring (bicyclic) bond motifs is 3. The highest BCUT2D eigenvalue weighted by atomic mass is 16.5. The molecule has 2 N–H and O–H groups in total. The maximum atomic E-state index is 12.7. The van der Waals surface area contributed by atoms with Crippen LogP contribution in [0.5, 0.6) is 0 Å². The van der Waals surface area contributed by atoms with Crippen molar-refractivity contribution in [3.8, 4) is 0 Å². The van der Waals surface area contributed by atoms with Crippen molar-refractivity contribution in [2.24, 2.45) is 0 Å². The summed E-state index contributed by atoms with van der Waals surface area (Å²) in [5, 5.41) is 10.7. The molecule has 7 nitrogen and oxygen atoms in total. The average molecular weight is 364 g/mol. The lowest BCUT2D eigenvalue weighted by molar-refractivity contribution is 0.0950. The van der Waals surface area contributed by atoms with E-state index in [4.69, 9.17) is 4.52 Å². The van der Waals surface area contributed by atoms with Crippen molar-refractivity contribution >= 4 is 28.6 Å². The molecular formula is C20H20N4O3. The lowest BCUT2D eigenvalue weighted by Gasteiger charge is -2.06. The number of nitrogens with zero attached hydrogens (tertiary/aromatic N) is 2. The molecule has 2 aliphatic rings.